The Morgan fingerprint density at radius 3 is 2.19 bits per heavy atom. The van der Waals surface area contributed by atoms with Gasteiger partial charge < -0.3 is 9.52 Å². The Morgan fingerprint density at radius 2 is 1.71 bits per heavy atom. The highest BCUT2D eigenvalue weighted by Gasteiger charge is 2.31. The van der Waals surface area contributed by atoms with E-state index in [4.69, 9.17) is 4.42 Å². The fraction of sp³-hybridized carbons (Fsp3) is 0.400. The van der Waals surface area contributed by atoms with Gasteiger partial charge in [-0.05, 0) is 31.2 Å². The summed E-state index contributed by atoms with van der Waals surface area (Å²) in [5.41, 5.74) is -0.228. The number of alkyl halides is 3. The Kier molecular flexibility index (Phi) is 3.84. The van der Waals surface area contributed by atoms with Crippen LogP contribution in [0.2, 0.25) is 0 Å². The maximum Gasteiger partial charge on any atom is 0.416 e. The van der Waals surface area contributed by atoms with Crippen molar-refractivity contribution >= 4 is 0 Å². The van der Waals surface area contributed by atoms with Gasteiger partial charge in [-0.1, -0.05) is 13.8 Å². The number of aromatic nitrogens is 1. The zero-order valence-electron chi connectivity index (χ0n) is 12.0. The molecule has 1 aromatic carbocycles. The summed E-state index contributed by atoms with van der Waals surface area (Å²) in [7, 11) is 0. The molecular weight excluding hydrogens is 283 g/mol. The quantitative estimate of drug-likeness (QED) is 0.933. The molecule has 0 aliphatic carbocycles. The molecule has 1 aromatic heterocycles. The monoisotopic (exact) mass is 299 g/mol. The number of aliphatic hydroxyl groups excluding tert-OH is 1. The molecule has 1 heterocycles. The van der Waals surface area contributed by atoms with E-state index in [1.807, 2.05) is 13.8 Å². The first-order valence-electron chi connectivity index (χ1n) is 6.41. The van der Waals surface area contributed by atoms with Crippen LogP contribution in [0.3, 0.4) is 0 Å². The molecule has 0 saturated carbocycles. The van der Waals surface area contributed by atoms with Crippen molar-refractivity contribution in [3.8, 4) is 11.5 Å². The molecule has 0 spiro atoms. The van der Waals surface area contributed by atoms with Crippen LogP contribution < -0.4 is 0 Å². The van der Waals surface area contributed by atoms with Crippen molar-refractivity contribution in [3.63, 3.8) is 0 Å². The first kappa shape index (κ1) is 15.6. The SMILES string of the molecule is Cc1oc(-c2ccc(C(F)(F)F)cc2)nc1C(C)(C)CO. The van der Waals surface area contributed by atoms with E-state index in [0.717, 1.165) is 12.1 Å². The summed E-state index contributed by atoms with van der Waals surface area (Å²) in [5, 5.41) is 9.37. The number of rotatable bonds is 3. The van der Waals surface area contributed by atoms with E-state index in [0.29, 0.717) is 17.0 Å². The Bertz CT molecular complexity index is 627. The van der Waals surface area contributed by atoms with E-state index < -0.39 is 17.2 Å². The molecule has 0 fully saturated rings. The fourth-order valence-corrected chi connectivity index (χ4v) is 2.02. The summed E-state index contributed by atoms with van der Waals surface area (Å²) in [6.45, 7) is 5.24. The van der Waals surface area contributed by atoms with Gasteiger partial charge in [0.2, 0.25) is 5.89 Å². The molecule has 3 nitrogen and oxygen atoms in total. The summed E-state index contributed by atoms with van der Waals surface area (Å²) < 4.78 is 43.1. The molecule has 6 heteroatoms. The van der Waals surface area contributed by atoms with Gasteiger partial charge in [-0.2, -0.15) is 13.2 Å². The van der Waals surface area contributed by atoms with Crippen LogP contribution in [0.15, 0.2) is 28.7 Å². The highest BCUT2D eigenvalue weighted by molar-refractivity contribution is 5.54. The molecule has 0 atom stereocenters. The molecule has 114 valence electrons. The van der Waals surface area contributed by atoms with E-state index in [2.05, 4.69) is 4.98 Å². The highest BCUT2D eigenvalue weighted by Crippen LogP contribution is 2.33. The lowest BCUT2D eigenvalue weighted by Gasteiger charge is -2.18. The minimum absolute atomic E-state index is 0.104. The number of hydrogen-bond acceptors (Lipinski definition) is 3. The van der Waals surface area contributed by atoms with Crippen molar-refractivity contribution in [2.45, 2.75) is 32.4 Å². The molecule has 0 unspecified atom stereocenters. The van der Waals surface area contributed by atoms with Crippen molar-refractivity contribution in [2.24, 2.45) is 0 Å². The molecular formula is C15H16F3NO2. The average molecular weight is 299 g/mol. The molecule has 1 N–H and O–H groups in total. The molecule has 0 saturated heterocycles. The molecule has 2 aromatic rings. The Morgan fingerprint density at radius 1 is 1.14 bits per heavy atom. The van der Waals surface area contributed by atoms with Crippen molar-refractivity contribution in [1.29, 1.82) is 0 Å². The smallest absolute Gasteiger partial charge is 0.416 e. The van der Waals surface area contributed by atoms with Gasteiger partial charge in [0.1, 0.15) is 5.76 Å². The van der Waals surface area contributed by atoms with Gasteiger partial charge in [0.25, 0.3) is 0 Å². The minimum Gasteiger partial charge on any atom is -0.441 e. The molecule has 21 heavy (non-hydrogen) atoms. The van der Waals surface area contributed by atoms with Gasteiger partial charge in [-0.15, -0.1) is 0 Å². The Balaban J connectivity index is 2.38. The predicted octanol–water partition coefficient (Wildman–Crippen LogP) is 3.94. The van der Waals surface area contributed by atoms with Gasteiger partial charge >= 0.3 is 6.18 Å². The molecule has 0 amide bonds. The molecule has 0 aliphatic heterocycles. The van der Waals surface area contributed by atoms with Crippen LogP contribution in [-0.4, -0.2) is 16.7 Å². The first-order valence-corrected chi connectivity index (χ1v) is 6.41. The van der Waals surface area contributed by atoms with Gasteiger partial charge in [-0.3, -0.25) is 0 Å². The second kappa shape index (κ2) is 5.18. The third-order valence-corrected chi connectivity index (χ3v) is 3.29. The van der Waals surface area contributed by atoms with Crippen molar-refractivity contribution < 1.29 is 22.7 Å². The highest BCUT2D eigenvalue weighted by atomic mass is 19.4. The Hall–Kier alpha value is -1.82. The van der Waals surface area contributed by atoms with Crippen LogP contribution in [-0.2, 0) is 11.6 Å². The summed E-state index contributed by atoms with van der Waals surface area (Å²) in [6, 6.07) is 4.63. The van der Waals surface area contributed by atoms with Crippen molar-refractivity contribution in [2.75, 3.05) is 6.61 Å². The third-order valence-electron chi connectivity index (χ3n) is 3.29. The van der Waals surface area contributed by atoms with Gasteiger partial charge in [-0.25, -0.2) is 4.98 Å². The number of benzene rings is 1. The van der Waals surface area contributed by atoms with E-state index in [9.17, 15) is 18.3 Å². The van der Waals surface area contributed by atoms with Crippen LogP contribution in [0.1, 0.15) is 30.9 Å². The largest absolute Gasteiger partial charge is 0.441 e. The zero-order valence-corrected chi connectivity index (χ0v) is 12.0. The summed E-state index contributed by atoms with van der Waals surface area (Å²) in [5.74, 6) is 0.793. The lowest BCUT2D eigenvalue weighted by molar-refractivity contribution is -0.137. The van der Waals surface area contributed by atoms with Gasteiger partial charge in [0, 0.05) is 11.0 Å². The standard InChI is InChI=1S/C15H16F3NO2/c1-9-12(14(2,3)8-20)19-13(21-9)10-4-6-11(7-5-10)15(16,17)18/h4-7,20H,8H2,1-3H3. The third kappa shape index (κ3) is 3.10. The molecule has 0 radical (unpaired) electrons. The number of aliphatic hydroxyl groups is 1. The van der Waals surface area contributed by atoms with E-state index in [1.54, 1.807) is 6.92 Å². The van der Waals surface area contributed by atoms with E-state index in [1.165, 1.54) is 12.1 Å². The lowest BCUT2D eigenvalue weighted by atomic mass is 9.89. The van der Waals surface area contributed by atoms with Crippen molar-refractivity contribution in [3.05, 3.63) is 41.3 Å². The second-order valence-electron chi connectivity index (χ2n) is 5.54. The number of halogens is 3. The topological polar surface area (TPSA) is 46.3 Å². The average Bonchev–Trinajstić information content (AvgIpc) is 2.81. The van der Waals surface area contributed by atoms with Crippen LogP contribution in [0.4, 0.5) is 13.2 Å². The maximum absolute atomic E-state index is 12.5. The number of aryl methyl sites for hydroxylation is 1. The van der Waals surface area contributed by atoms with E-state index >= 15 is 0 Å². The molecule has 2 rings (SSSR count). The van der Waals surface area contributed by atoms with Crippen LogP contribution in [0, 0.1) is 6.92 Å². The van der Waals surface area contributed by atoms with Crippen LogP contribution >= 0.6 is 0 Å². The molecule has 0 aliphatic rings. The first-order chi connectivity index (χ1) is 9.65. The lowest BCUT2D eigenvalue weighted by Crippen LogP contribution is -2.23. The summed E-state index contributed by atoms with van der Waals surface area (Å²) >= 11 is 0. The summed E-state index contributed by atoms with van der Waals surface area (Å²) in [6.07, 6.45) is -4.37. The number of oxazole rings is 1. The van der Waals surface area contributed by atoms with Gasteiger partial charge in [0.15, 0.2) is 0 Å². The number of hydrogen-bond donors (Lipinski definition) is 1. The summed E-state index contributed by atoms with van der Waals surface area (Å²) in [4.78, 5) is 4.31. The van der Waals surface area contributed by atoms with Gasteiger partial charge in [0.05, 0.1) is 17.9 Å². The van der Waals surface area contributed by atoms with Crippen molar-refractivity contribution in [1.82, 2.24) is 4.98 Å². The Labute approximate surface area is 120 Å². The predicted molar refractivity (Wildman–Crippen MR) is 71.8 cm³/mol. The minimum atomic E-state index is -4.37. The zero-order chi connectivity index (χ0) is 15.8. The normalized spacial score (nSPS) is 12.7. The fourth-order valence-electron chi connectivity index (χ4n) is 2.02. The van der Waals surface area contributed by atoms with Crippen LogP contribution in [0.5, 0.6) is 0 Å². The van der Waals surface area contributed by atoms with E-state index in [-0.39, 0.29) is 12.5 Å². The second-order valence-corrected chi connectivity index (χ2v) is 5.54. The van der Waals surface area contributed by atoms with Crippen LogP contribution in [0.25, 0.3) is 11.5 Å². The maximum atomic E-state index is 12.5. The molecule has 0 bridgehead atoms. The number of nitrogens with zero attached hydrogens (tertiary/aromatic N) is 1.